The van der Waals surface area contributed by atoms with Crippen LogP contribution in [0.25, 0.3) is 0 Å². The summed E-state index contributed by atoms with van der Waals surface area (Å²) in [6.45, 7) is 7.36. The molecule has 23 heavy (non-hydrogen) atoms. The number of hydrogen-bond acceptors (Lipinski definition) is 4. The summed E-state index contributed by atoms with van der Waals surface area (Å²) in [6.07, 6.45) is 6.94. The van der Waals surface area contributed by atoms with Gasteiger partial charge < -0.3 is 9.80 Å². The standard InChI is InChI=1S/C18H28N4O/c1-3-15-8-4-5-12-22(15)18(23)16-9-10-17(20-19-16)21-11-6-7-14(2)13-21/h9-10,14-15H,3-8,11-13H2,1-2H3. The highest BCUT2D eigenvalue weighted by atomic mass is 16.2. The highest BCUT2D eigenvalue weighted by Crippen LogP contribution is 2.23. The smallest absolute Gasteiger partial charge is 0.274 e. The van der Waals surface area contributed by atoms with Gasteiger partial charge in [-0.25, -0.2) is 0 Å². The van der Waals surface area contributed by atoms with Crippen molar-refractivity contribution in [2.75, 3.05) is 24.5 Å². The quantitative estimate of drug-likeness (QED) is 0.859. The van der Waals surface area contributed by atoms with E-state index in [1.807, 2.05) is 17.0 Å². The Morgan fingerprint density at radius 2 is 2.04 bits per heavy atom. The minimum Gasteiger partial charge on any atom is -0.355 e. The summed E-state index contributed by atoms with van der Waals surface area (Å²) in [7, 11) is 0. The lowest BCUT2D eigenvalue weighted by Gasteiger charge is -2.35. The van der Waals surface area contributed by atoms with E-state index in [-0.39, 0.29) is 5.91 Å². The van der Waals surface area contributed by atoms with Crippen LogP contribution in [0, 0.1) is 5.92 Å². The fourth-order valence-electron chi connectivity index (χ4n) is 3.84. The third-order valence-corrected chi connectivity index (χ3v) is 5.21. The normalized spacial score (nSPS) is 25.5. The monoisotopic (exact) mass is 316 g/mol. The first-order valence-corrected chi connectivity index (χ1v) is 9.08. The average molecular weight is 316 g/mol. The lowest BCUT2D eigenvalue weighted by atomic mass is 9.99. The fraction of sp³-hybridized carbons (Fsp3) is 0.722. The third-order valence-electron chi connectivity index (χ3n) is 5.21. The molecule has 126 valence electrons. The Labute approximate surface area is 139 Å². The molecule has 0 N–H and O–H groups in total. The summed E-state index contributed by atoms with van der Waals surface area (Å²) in [4.78, 5) is 17.0. The molecule has 2 saturated heterocycles. The van der Waals surface area contributed by atoms with Crippen LogP contribution in [-0.4, -0.2) is 46.7 Å². The molecule has 2 fully saturated rings. The zero-order valence-corrected chi connectivity index (χ0v) is 14.4. The number of nitrogens with zero attached hydrogens (tertiary/aromatic N) is 4. The molecule has 0 spiro atoms. The molecule has 0 aliphatic carbocycles. The van der Waals surface area contributed by atoms with Crippen LogP contribution in [0.3, 0.4) is 0 Å². The Bertz CT molecular complexity index is 530. The molecular weight excluding hydrogens is 288 g/mol. The van der Waals surface area contributed by atoms with Crippen LogP contribution in [0.5, 0.6) is 0 Å². The van der Waals surface area contributed by atoms with E-state index in [0.29, 0.717) is 17.7 Å². The molecule has 2 atom stereocenters. The second kappa shape index (κ2) is 7.28. The maximum absolute atomic E-state index is 12.7. The first kappa shape index (κ1) is 16.2. The van der Waals surface area contributed by atoms with Gasteiger partial charge in [0.25, 0.3) is 5.91 Å². The van der Waals surface area contributed by atoms with Crippen LogP contribution in [0.15, 0.2) is 12.1 Å². The molecule has 3 heterocycles. The van der Waals surface area contributed by atoms with E-state index in [1.165, 1.54) is 19.3 Å². The zero-order valence-electron chi connectivity index (χ0n) is 14.4. The van der Waals surface area contributed by atoms with Crippen LogP contribution in [0.2, 0.25) is 0 Å². The van der Waals surface area contributed by atoms with E-state index < -0.39 is 0 Å². The summed E-state index contributed by atoms with van der Waals surface area (Å²) in [5.41, 5.74) is 0.485. The first-order chi connectivity index (χ1) is 11.2. The largest absolute Gasteiger partial charge is 0.355 e. The van der Waals surface area contributed by atoms with E-state index in [1.54, 1.807) is 0 Å². The number of piperidine rings is 2. The molecule has 0 saturated carbocycles. The SMILES string of the molecule is CCC1CCCCN1C(=O)c1ccc(N2CCCC(C)C2)nn1. The second-order valence-corrected chi connectivity index (χ2v) is 7.03. The van der Waals surface area contributed by atoms with Crippen LogP contribution in [0.4, 0.5) is 5.82 Å². The van der Waals surface area contributed by atoms with Crippen molar-refractivity contribution in [3.8, 4) is 0 Å². The zero-order chi connectivity index (χ0) is 16.2. The predicted octanol–water partition coefficient (Wildman–Crippen LogP) is 3.12. The topological polar surface area (TPSA) is 49.3 Å². The molecule has 1 aromatic rings. The van der Waals surface area contributed by atoms with Gasteiger partial charge in [0.1, 0.15) is 0 Å². The Balaban J connectivity index is 1.70. The first-order valence-electron chi connectivity index (χ1n) is 9.08. The van der Waals surface area contributed by atoms with Crippen molar-refractivity contribution in [2.45, 2.75) is 58.4 Å². The van der Waals surface area contributed by atoms with Gasteiger partial charge in [-0.3, -0.25) is 4.79 Å². The van der Waals surface area contributed by atoms with Crippen molar-refractivity contribution >= 4 is 11.7 Å². The van der Waals surface area contributed by atoms with Gasteiger partial charge in [-0.2, -0.15) is 0 Å². The van der Waals surface area contributed by atoms with Gasteiger partial charge in [-0.05, 0) is 56.6 Å². The summed E-state index contributed by atoms with van der Waals surface area (Å²) in [5, 5.41) is 8.57. The van der Waals surface area contributed by atoms with Crippen molar-refractivity contribution in [3.05, 3.63) is 17.8 Å². The van der Waals surface area contributed by atoms with Crippen LogP contribution in [0.1, 0.15) is 62.9 Å². The van der Waals surface area contributed by atoms with E-state index in [4.69, 9.17) is 0 Å². The van der Waals surface area contributed by atoms with Gasteiger partial charge in [-0.15, -0.1) is 10.2 Å². The number of likely N-dealkylation sites (tertiary alicyclic amines) is 1. The number of carbonyl (C=O) groups excluding carboxylic acids is 1. The van der Waals surface area contributed by atoms with Gasteiger partial charge in [0.2, 0.25) is 0 Å². The molecule has 1 aromatic heterocycles. The Kier molecular flexibility index (Phi) is 5.13. The number of aromatic nitrogens is 2. The lowest BCUT2D eigenvalue weighted by Crippen LogP contribution is -2.43. The number of hydrogen-bond donors (Lipinski definition) is 0. The molecule has 5 nitrogen and oxygen atoms in total. The van der Waals surface area contributed by atoms with Gasteiger partial charge in [0, 0.05) is 25.7 Å². The van der Waals surface area contributed by atoms with E-state index in [0.717, 1.165) is 44.7 Å². The summed E-state index contributed by atoms with van der Waals surface area (Å²) < 4.78 is 0. The van der Waals surface area contributed by atoms with Crippen molar-refractivity contribution in [1.29, 1.82) is 0 Å². The van der Waals surface area contributed by atoms with E-state index in [9.17, 15) is 4.79 Å². The Hall–Kier alpha value is -1.65. The van der Waals surface area contributed by atoms with Crippen LogP contribution >= 0.6 is 0 Å². The van der Waals surface area contributed by atoms with Crippen LogP contribution < -0.4 is 4.90 Å². The molecule has 2 aliphatic heterocycles. The molecule has 2 aliphatic rings. The molecule has 0 aromatic carbocycles. The van der Waals surface area contributed by atoms with Crippen molar-refractivity contribution in [3.63, 3.8) is 0 Å². The summed E-state index contributed by atoms with van der Waals surface area (Å²) in [5.74, 6) is 1.65. The molecule has 3 rings (SSSR count). The van der Waals surface area contributed by atoms with E-state index in [2.05, 4.69) is 28.9 Å². The predicted molar refractivity (Wildman–Crippen MR) is 91.6 cm³/mol. The molecule has 2 unspecified atom stereocenters. The summed E-state index contributed by atoms with van der Waals surface area (Å²) >= 11 is 0. The fourth-order valence-corrected chi connectivity index (χ4v) is 3.84. The number of anilines is 1. The van der Waals surface area contributed by atoms with E-state index >= 15 is 0 Å². The van der Waals surface area contributed by atoms with Gasteiger partial charge in [0.05, 0.1) is 0 Å². The molecule has 1 amide bonds. The minimum absolute atomic E-state index is 0.0441. The molecule has 0 bridgehead atoms. The third kappa shape index (κ3) is 3.65. The molecular formula is C18H28N4O. The van der Waals surface area contributed by atoms with Gasteiger partial charge in [0.15, 0.2) is 11.5 Å². The number of carbonyl (C=O) groups is 1. The maximum Gasteiger partial charge on any atom is 0.274 e. The highest BCUT2D eigenvalue weighted by Gasteiger charge is 2.27. The van der Waals surface area contributed by atoms with Crippen molar-refractivity contribution in [2.24, 2.45) is 5.92 Å². The summed E-state index contributed by atoms with van der Waals surface area (Å²) in [6, 6.07) is 4.18. The van der Waals surface area contributed by atoms with Gasteiger partial charge in [-0.1, -0.05) is 13.8 Å². The number of rotatable bonds is 3. The Morgan fingerprint density at radius 3 is 2.74 bits per heavy atom. The highest BCUT2D eigenvalue weighted by molar-refractivity contribution is 5.92. The molecule has 0 radical (unpaired) electrons. The van der Waals surface area contributed by atoms with Crippen LogP contribution in [-0.2, 0) is 0 Å². The Morgan fingerprint density at radius 1 is 1.17 bits per heavy atom. The maximum atomic E-state index is 12.7. The van der Waals surface area contributed by atoms with Crippen molar-refractivity contribution < 1.29 is 4.79 Å². The van der Waals surface area contributed by atoms with Gasteiger partial charge >= 0.3 is 0 Å². The lowest BCUT2D eigenvalue weighted by molar-refractivity contribution is 0.0600. The number of amides is 1. The average Bonchev–Trinajstić information content (AvgIpc) is 2.61. The minimum atomic E-state index is 0.0441. The molecule has 5 heteroatoms. The second-order valence-electron chi connectivity index (χ2n) is 7.03. The van der Waals surface area contributed by atoms with Crippen molar-refractivity contribution in [1.82, 2.24) is 15.1 Å².